The number of para-hydroxylation sites is 2. The number of fused-ring (bicyclic) bond motifs is 2. The second-order valence-corrected chi connectivity index (χ2v) is 8.94. The van der Waals surface area contributed by atoms with E-state index in [2.05, 4.69) is 72.6 Å². The van der Waals surface area contributed by atoms with Crippen LogP contribution in [0.25, 0.3) is 21.9 Å². The van der Waals surface area contributed by atoms with Gasteiger partial charge in [0, 0.05) is 30.2 Å². The predicted molar refractivity (Wildman–Crippen MR) is 130 cm³/mol. The minimum Gasteiger partial charge on any atom is -0.450 e. The fourth-order valence-corrected chi connectivity index (χ4v) is 5.08. The Kier molecular flexibility index (Phi) is 6.31. The quantitative estimate of drug-likeness (QED) is 0.399. The van der Waals surface area contributed by atoms with Gasteiger partial charge in [-0.3, -0.25) is 9.13 Å². The molecule has 0 aliphatic heterocycles. The molecule has 174 valence electrons. The van der Waals surface area contributed by atoms with Gasteiger partial charge in [0.2, 0.25) is 0 Å². The number of imidazole rings is 1. The highest BCUT2D eigenvalue weighted by Crippen LogP contribution is 2.42. The molecule has 0 bridgehead atoms. The zero-order valence-corrected chi connectivity index (χ0v) is 19.4. The highest BCUT2D eigenvalue weighted by atomic mass is 16.6. The molecule has 2 aromatic heterocycles. The Morgan fingerprint density at radius 1 is 1.06 bits per heavy atom. The maximum absolute atomic E-state index is 13.7. The van der Waals surface area contributed by atoms with E-state index in [4.69, 9.17) is 15.0 Å². The van der Waals surface area contributed by atoms with E-state index >= 15 is 0 Å². The molecule has 1 aliphatic rings. The molecule has 0 saturated heterocycles. The topological polar surface area (TPSA) is 89.4 Å². The second kappa shape index (κ2) is 9.17. The number of rotatable bonds is 6. The predicted octanol–water partition coefficient (Wildman–Crippen LogP) is 5.63. The van der Waals surface area contributed by atoms with Gasteiger partial charge in [-0.05, 0) is 61.4 Å². The van der Waals surface area contributed by atoms with Gasteiger partial charge < -0.3 is 14.8 Å². The lowest BCUT2D eigenvalue weighted by molar-refractivity contribution is 0.137. The Hall–Kier alpha value is -3.48. The summed E-state index contributed by atoms with van der Waals surface area (Å²) < 4.78 is 6.27. The average Bonchev–Trinajstić information content (AvgIpc) is 3.51. The standard InChI is InChI=1S/C25H29N3O.CH2O3/c1-4-8-20(18-13-14-18)28-22-11-6-5-10-21(22)27(25(28)29)16-19-15-26(3)23-12-7-9-17(2)24(19)23;2-1(3)4/h5-7,9-12,15,18,20H,4,8,13-14,16H2,1-3H3;(H2,2,3,4). The first-order chi connectivity index (χ1) is 15.8. The van der Waals surface area contributed by atoms with Crippen molar-refractivity contribution < 1.29 is 15.0 Å². The van der Waals surface area contributed by atoms with Gasteiger partial charge in [0.25, 0.3) is 0 Å². The van der Waals surface area contributed by atoms with Gasteiger partial charge >= 0.3 is 11.8 Å². The van der Waals surface area contributed by atoms with Gasteiger partial charge in [-0.1, -0.05) is 37.6 Å². The summed E-state index contributed by atoms with van der Waals surface area (Å²) in [7, 11) is 2.09. The lowest BCUT2D eigenvalue weighted by Gasteiger charge is -2.17. The number of hydrogen-bond donors (Lipinski definition) is 2. The van der Waals surface area contributed by atoms with E-state index in [1.165, 1.54) is 34.9 Å². The van der Waals surface area contributed by atoms with Crippen LogP contribution in [0.15, 0.2) is 53.5 Å². The third kappa shape index (κ3) is 4.40. The lowest BCUT2D eigenvalue weighted by Crippen LogP contribution is -2.28. The molecule has 0 radical (unpaired) electrons. The third-order valence-electron chi connectivity index (χ3n) is 6.58. The molecule has 33 heavy (non-hydrogen) atoms. The van der Waals surface area contributed by atoms with Gasteiger partial charge in [0.15, 0.2) is 0 Å². The molecule has 1 atom stereocenters. The molecule has 1 aliphatic carbocycles. The van der Waals surface area contributed by atoms with E-state index in [1.807, 2.05) is 10.6 Å². The van der Waals surface area contributed by atoms with E-state index in [-0.39, 0.29) is 5.69 Å². The molecule has 5 rings (SSSR count). The van der Waals surface area contributed by atoms with Crippen molar-refractivity contribution in [3.63, 3.8) is 0 Å². The zero-order valence-electron chi connectivity index (χ0n) is 19.4. The van der Waals surface area contributed by atoms with Crippen molar-refractivity contribution in [2.75, 3.05) is 0 Å². The second-order valence-electron chi connectivity index (χ2n) is 8.94. The molecule has 2 heterocycles. The fourth-order valence-electron chi connectivity index (χ4n) is 5.08. The molecule has 7 heteroatoms. The van der Waals surface area contributed by atoms with Crippen molar-refractivity contribution in [2.45, 2.75) is 52.1 Å². The molecule has 4 aromatic rings. The van der Waals surface area contributed by atoms with E-state index in [0.717, 1.165) is 23.9 Å². The Labute approximate surface area is 192 Å². The third-order valence-corrected chi connectivity index (χ3v) is 6.58. The molecule has 0 amide bonds. The number of benzene rings is 2. The molecule has 7 nitrogen and oxygen atoms in total. The fraction of sp³-hybridized carbons (Fsp3) is 0.385. The van der Waals surface area contributed by atoms with Crippen molar-refractivity contribution in [3.05, 3.63) is 70.3 Å². The van der Waals surface area contributed by atoms with Crippen LogP contribution in [0.4, 0.5) is 4.79 Å². The summed E-state index contributed by atoms with van der Waals surface area (Å²) >= 11 is 0. The lowest BCUT2D eigenvalue weighted by atomic mass is 10.1. The van der Waals surface area contributed by atoms with Crippen LogP contribution < -0.4 is 5.69 Å². The zero-order chi connectivity index (χ0) is 23.7. The van der Waals surface area contributed by atoms with Crippen LogP contribution in [0.5, 0.6) is 0 Å². The smallest absolute Gasteiger partial charge is 0.450 e. The summed E-state index contributed by atoms with van der Waals surface area (Å²) in [6, 6.07) is 15.1. The largest absolute Gasteiger partial charge is 0.503 e. The molecule has 2 N–H and O–H groups in total. The van der Waals surface area contributed by atoms with Crippen molar-refractivity contribution in [2.24, 2.45) is 13.0 Å². The van der Waals surface area contributed by atoms with E-state index in [0.29, 0.717) is 18.5 Å². The van der Waals surface area contributed by atoms with E-state index < -0.39 is 6.16 Å². The first-order valence-corrected chi connectivity index (χ1v) is 11.5. The maximum Gasteiger partial charge on any atom is 0.503 e. The van der Waals surface area contributed by atoms with Crippen molar-refractivity contribution in [3.8, 4) is 0 Å². The molecule has 0 spiro atoms. The number of aromatic nitrogens is 3. The number of carboxylic acid groups (broad SMARTS) is 2. The monoisotopic (exact) mass is 449 g/mol. The first-order valence-electron chi connectivity index (χ1n) is 11.5. The Morgan fingerprint density at radius 3 is 2.33 bits per heavy atom. The Balaban J connectivity index is 0.000000601. The number of nitrogens with zero attached hydrogens (tertiary/aromatic N) is 3. The summed E-state index contributed by atoms with van der Waals surface area (Å²) in [6.45, 7) is 4.98. The Morgan fingerprint density at radius 2 is 1.70 bits per heavy atom. The van der Waals surface area contributed by atoms with Crippen LogP contribution in [0.2, 0.25) is 0 Å². The number of carbonyl (C=O) groups is 1. The van der Waals surface area contributed by atoms with Crippen LogP contribution in [0, 0.1) is 12.8 Å². The van der Waals surface area contributed by atoms with Crippen LogP contribution >= 0.6 is 0 Å². The molecule has 1 fully saturated rings. The minimum atomic E-state index is -1.83. The SMILES string of the molecule is CCCC(C1CC1)n1c(=O)n(Cc2cn(C)c3cccc(C)c23)c2ccccc21.O=C(O)O. The van der Waals surface area contributed by atoms with Crippen LogP contribution in [-0.4, -0.2) is 30.1 Å². The number of aryl methyl sites for hydroxylation is 2. The van der Waals surface area contributed by atoms with Crippen molar-refractivity contribution >= 4 is 28.1 Å². The summed E-state index contributed by atoms with van der Waals surface area (Å²) in [5, 5.41) is 15.2. The number of hydrogen-bond acceptors (Lipinski definition) is 2. The van der Waals surface area contributed by atoms with Gasteiger partial charge in [-0.15, -0.1) is 0 Å². The van der Waals surface area contributed by atoms with Gasteiger partial charge in [0.05, 0.1) is 17.6 Å². The molecular weight excluding hydrogens is 418 g/mol. The van der Waals surface area contributed by atoms with Crippen LogP contribution in [0.3, 0.4) is 0 Å². The molecule has 2 aromatic carbocycles. The van der Waals surface area contributed by atoms with Gasteiger partial charge in [0.1, 0.15) is 0 Å². The van der Waals surface area contributed by atoms with E-state index in [1.54, 1.807) is 0 Å². The van der Waals surface area contributed by atoms with Crippen LogP contribution in [-0.2, 0) is 13.6 Å². The van der Waals surface area contributed by atoms with E-state index in [9.17, 15) is 4.79 Å². The van der Waals surface area contributed by atoms with Crippen molar-refractivity contribution in [1.29, 1.82) is 0 Å². The minimum absolute atomic E-state index is 0.141. The summed E-state index contributed by atoms with van der Waals surface area (Å²) in [5.41, 5.74) is 5.96. The normalized spacial score (nSPS) is 14.3. The van der Waals surface area contributed by atoms with Crippen molar-refractivity contribution in [1.82, 2.24) is 13.7 Å². The highest BCUT2D eigenvalue weighted by Gasteiger charge is 2.34. The first kappa shape index (κ1) is 22.7. The highest BCUT2D eigenvalue weighted by molar-refractivity contribution is 5.87. The summed E-state index contributed by atoms with van der Waals surface area (Å²) in [6.07, 6.45) is 5.03. The van der Waals surface area contributed by atoms with Gasteiger partial charge in [-0.2, -0.15) is 0 Å². The molecule has 1 saturated carbocycles. The van der Waals surface area contributed by atoms with Gasteiger partial charge in [-0.25, -0.2) is 9.59 Å². The average molecular weight is 450 g/mol. The molecule has 1 unspecified atom stereocenters. The van der Waals surface area contributed by atoms with Crippen LogP contribution in [0.1, 0.15) is 49.8 Å². The molecular formula is C26H31N3O4. The summed E-state index contributed by atoms with van der Waals surface area (Å²) in [5.74, 6) is 0.659. The maximum atomic E-state index is 13.7. The Bertz CT molecular complexity index is 1350. The summed E-state index contributed by atoms with van der Waals surface area (Å²) in [4.78, 5) is 22.2.